The second kappa shape index (κ2) is 5.76. The van der Waals surface area contributed by atoms with Gasteiger partial charge in [0, 0.05) is 11.4 Å². The summed E-state index contributed by atoms with van der Waals surface area (Å²) in [6, 6.07) is 5.55. The van der Waals surface area contributed by atoms with Crippen LogP contribution in [-0.2, 0) is 4.79 Å². The highest BCUT2D eigenvalue weighted by Gasteiger charge is 1.99. The minimum Gasteiger partial charge on any atom is -0.494 e. The lowest BCUT2D eigenvalue weighted by atomic mass is 10.2. The van der Waals surface area contributed by atoms with Gasteiger partial charge in [-0.2, -0.15) is 0 Å². The Labute approximate surface area is 95.2 Å². The van der Waals surface area contributed by atoms with Gasteiger partial charge in [-0.3, -0.25) is 0 Å². The SMILES string of the molecule is CC(=O)CCCOc1ccc(Cl)c(C)c1. The highest BCUT2D eigenvalue weighted by molar-refractivity contribution is 6.31. The van der Waals surface area contributed by atoms with E-state index < -0.39 is 0 Å². The van der Waals surface area contributed by atoms with E-state index >= 15 is 0 Å². The number of aryl methyl sites for hydroxylation is 1. The molecule has 0 aliphatic carbocycles. The number of ether oxygens (including phenoxy) is 1. The molecule has 0 aliphatic heterocycles. The van der Waals surface area contributed by atoms with Crippen molar-refractivity contribution in [1.29, 1.82) is 0 Å². The number of benzene rings is 1. The van der Waals surface area contributed by atoms with Crippen LogP contribution < -0.4 is 4.74 Å². The van der Waals surface area contributed by atoms with Gasteiger partial charge >= 0.3 is 0 Å². The average molecular weight is 227 g/mol. The van der Waals surface area contributed by atoms with E-state index in [0.29, 0.717) is 13.0 Å². The summed E-state index contributed by atoms with van der Waals surface area (Å²) in [5.41, 5.74) is 1.00. The summed E-state index contributed by atoms with van der Waals surface area (Å²) in [5.74, 6) is 1.01. The van der Waals surface area contributed by atoms with E-state index in [1.165, 1.54) is 0 Å². The highest BCUT2D eigenvalue weighted by Crippen LogP contribution is 2.21. The topological polar surface area (TPSA) is 26.3 Å². The molecule has 0 unspecified atom stereocenters. The van der Waals surface area contributed by atoms with Gasteiger partial charge in [-0.05, 0) is 44.0 Å². The molecule has 0 N–H and O–H groups in total. The Kier molecular flexibility index (Phi) is 4.63. The van der Waals surface area contributed by atoms with Crippen molar-refractivity contribution in [3.8, 4) is 5.75 Å². The summed E-state index contributed by atoms with van der Waals surface area (Å²) >= 11 is 5.88. The van der Waals surface area contributed by atoms with Crippen molar-refractivity contribution in [1.82, 2.24) is 0 Å². The zero-order valence-electron chi connectivity index (χ0n) is 9.05. The molecule has 82 valence electrons. The Morgan fingerprint density at radius 3 is 2.80 bits per heavy atom. The monoisotopic (exact) mass is 226 g/mol. The van der Waals surface area contributed by atoms with E-state index in [1.807, 2.05) is 25.1 Å². The molecule has 0 saturated carbocycles. The molecule has 0 aromatic heterocycles. The summed E-state index contributed by atoms with van der Waals surface area (Å²) < 4.78 is 5.48. The van der Waals surface area contributed by atoms with Gasteiger partial charge in [-0.1, -0.05) is 11.6 Å². The Morgan fingerprint density at radius 1 is 1.47 bits per heavy atom. The number of carbonyl (C=O) groups excluding carboxylic acids is 1. The van der Waals surface area contributed by atoms with Crippen molar-refractivity contribution in [2.45, 2.75) is 26.7 Å². The molecule has 2 nitrogen and oxygen atoms in total. The summed E-state index contributed by atoms with van der Waals surface area (Å²) in [6.45, 7) is 4.10. The molecule has 1 rings (SSSR count). The molecule has 0 heterocycles. The van der Waals surface area contributed by atoms with Crippen LogP contribution >= 0.6 is 11.6 Å². The van der Waals surface area contributed by atoms with Crippen molar-refractivity contribution in [2.24, 2.45) is 0 Å². The molecule has 0 fully saturated rings. The molecule has 3 heteroatoms. The largest absolute Gasteiger partial charge is 0.494 e. The highest BCUT2D eigenvalue weighted by atomic mass is 35.5. The molecule has 0 spiro atoms. The summed E-state index contributed by atoms with van der Waals surface area (Å²) in [4.78, 5) is 10.7. The van der Waals surface area contributed by atoms with E-state index in [2.05, 4.69) is 0 Å². The van der Waals surface area contributed by atoms with E-state index in [4.69, 9.17) is 16.3 Å². The number of hydrogen-bond donors (Lipinski definition) is 0. The van der Waals surface area contributed by atoms with Crippen molar-refractivity contribution in [2.75, 3.05) is 6.61 Å². The second-order valence-corrected chi connectivity index (χ2v) is 3.97. The minimum atomic E-state index is 0.200. The lowest BCUT2D eigenvalue weighted by molar-refractivity contribution is -0.117. The Balaban J connectivity index is 2.38. The predicted octanol–water partition coefficient (Wildman–Crippen LogP) is 3.40. The summed E-state index contributed by atoms with van der Waals surface area (Å²) in [7, 11) is 0. The fourth-order valence-electron chi connectivity index (χ4n) is 1.22. The van der Waals surface area contributed by atoms with Gasteiger partial charge in [0.1, 0.15) is 11.5 Å². The van der Waals surface area contributed by atoms with E-state index in [0.717, 1.165) is 22.8 Å². The van der Waals surface area contributed by atoms with Gasteiger partial charge in [0.25, 0.3) is 0 Å². The number of ketones is 1. The third-order valence-corrected chi connectivity index (χ3v) is 2.50. The lowest BCUT2D eigenvalue weighted by Crippen LogP contribution is -2.00. The van der Waals surface area contributed by atoms with Crippen LogP contribution in [0, 0.1) is 6.92 Å². The van der Waals surface area contributed by atoms with Crippen LogP contribution in [-0.4, -0.2) is 12.4 Å². The third-order valence-electron chi connectivity index (χ3n) is 2.07. The average Bonchev–Trinajstić information content (AvgIpc) is 2.18. The number of Topliss-reactive ketones (excluding diaryl/α,β-unsaturated/α-hetero) is 1. The molecule has 0 atom stereocenters. The predicted molar refractivity (Wildman–Crippen MR) is 61.6 cm³/mol. The zero-order chi connectivity index (χ0) is 11.3. The lowest BCUT2D eigenvalue weighted by Gasteiger charge is -2.06. The smallest absolute Gasteiger partial charge is 0.129 e. The third kappa shape index (κ3) is 4.34. The molecule has 0 aliphatic rings. The van der Waals surface area contributed by atoms with Gasteiger partial charge in [-0.25, -0.2) is 0 Å². The fourth-order valence-corrected chi connectivity index (χ4v) is 1.34. The van der Waals surface area contributed by atoms with Gasteiger partial charge in [-0.15, -0.1) is 0 Å². The van der Waals surface area contributed by atoms with E-state index in [1.54, 1.807) is 6.92 Å². The van der Waals surface area contributed by atoms with E-state index in [9.17, 15) is 4.79 Å². The van der Waals surface area contributed by atoms with Crippen molar-refractivity contribution in [3.05, 3.63) is 28.8 Å². The van der Waals surface area contributed by atoms with Crippen LogP contribution in [0.2, 0.25) is 5.02 Å². The standard InChI is InChI=1S/C12H15ClO2/c1-9-8-11(5-6-12(9)13)15-7-3-4-10(2)14/h5-6,8H,3-4,7H2,1-2H3. The van der Waals surface area contributed by atoms with Crippen LogP contribution in [0.15, 0.2) is 18.2 Å². The Hall–Kier alpha value is -1.02. The maximum absolute atomic E-state index is 10.7. The van der Waals surface area contributed by atoms with Gasteiger partial charge < -0.3 is 9.53 Å². The number of hydrogen-bond acceptors (Lipinski definition) is 2. The van der Waals surface area contributed by atoms with Crippen LogP contribution in [0.4, 0.5) is 0 Å². The van der Waals surface area contributed by atoms with Crippen LogP contribution in [0.5, 0.6) is 5.75 Å². The molecule has 1 aromatic rings. The molecule has 0 bridgehead atoms. The molecule has 1 aromatic carbocycles. The Morgan fingerprint density at radius 2 is 2.20 bits per heavy atom. The van der Waals surface area contributed by atoms with Crippen molar-refractivity contribution in [3.63, 3.8) is 0 Å². The first-order valence-corrected chi connectivity index (χ1v) is 5.36. The fraction of sp³-hybridized carbons (Fsp3) is 0.417. The maximum atomic E-state index is 10.7. The Bertz CT molecular complexity index is 347. The zero-order valence-corrected chi connectivity index (χ0v) is 9.80. The van der Waals surface area contributed by atoms with Gasteiger partial charge in [0.05, 0.1) is 6.61 Å². The van der Waals surface area contributed by atoms with Crippen LogP contribution in [0.3, 0.4) is 0 Å². The number of halogens is 1. The first kappa shape index (κ1) is 12.1. The number of rotatable bonds is 5. The van der Waals surface area contributed by atoms with Crippen LogP contribution in [0.25, 0.3) is 0 Å². The van der Waals surface area contributed by atoms with Crippen molar-refractivity contribution < 1.29 is 9.53 Å². The van der Waals surface area contributed by atoms with E-state index in [-0.39, 0.29) is 5.78 Å². The second-order valence-electron chi connectivity index (χ2n) is 3.57. The molecule has 0 amide bonds. The molecule has 0 radical (unpaired) electrons. The summed E-state index contributed by atoms with van der Waals surface area (Å²) in [6.07, 6.45) is 1.34. The quantitative estimate of drug-likeness (QED) is 0.720. The molecule has 0 saturated heterocycles. The molecular weight excluding hydrogens is 212 g/mol. The number of carbonyl (C=O) groups is 1. The first-order valence-electron chi connectivity index (χ1n) is 4.98. The maximum Gasteiger partial charge on any atom is 0.129 e. The van der Waals surface area contributed by atoms with Gasteiger partial charge in [0.2, 0.25) is 0 Å². The normalized spacial score (nSPS) is 10.1. The van der Waals surface area contributed by atoms with Gasteiger partial charge in [0.15, 0.2) is 0 Å². The molecule has 15 heavy (non-hydrogen) atoms. The minimum absolute atomic E-state index is 0.200. The van der Waals surface area contributed by atoms with Crippen LogP contribution in [0.1, 0.15) is 25.3 Å². The summed E-state index contributed by atoms with van der Waals surface area (Å²) in [5, 5.41) is 0.742. The van der Waals surface area contributed by atoms with Crippen molar-refractivity contribution >= 4 is 17.4 Å². The first-order chi connectivity index (χ1) is 7.09. The molecular formula is C12H15ClO2.